The molecule has 0 unspecified atom stereocenters. The van der Waals surface area contributed by atoms with E-state index in [4.69, 9.17) is 19.9 Å². The van der Waals surface area contributed by atoms with E-state index in [2.05, 4.69) is 24.3 Å². The highest BCUT2D eigenvalue weighted by Crippen LogP contribution is 2.41. The van der Waals surface area contributed by atoms with Gasteiger partial charge in [-0.1, -0.05) is 24.3 Å². The molecule has 34 heavy (non-hydrogen) atoms. The third kappa shape index (κ3) is 4.79. The predicted molar refractivity (Wildman–Crippen MR) is 125 cm³/mol. The lowest BCUT2D eigenvalue weighted by molar-refractivity contribution is -0.232. The Morgan fingerprint density at radius 1 is 0.971 bits per heavy atom. The Balaban J connectivity index is 1.47. The van der Waals surface area contributed by atoms with Crippen molar-refractivity contribution < 1.29 is 34.6 Å². The van der Waals surface area contributed by atoms with E-state index in [0.717, 1.165) is 17.5 Å². The van der Waals surface area contributed by atoms with Crippen LogP contribution in [0.2, 0.25) is 0 Å². The zero-order chi connectivity index (χ0) is 23.8. The van der Waals surface area contributed by atoms with Gasteiger partial charge in [0, 0.05) is 23.7 Å². The van der Waals surface area contributed by atoms with E-state index < -0.39 is 37.1 Å². The van der Waals surface area contributed by atoms with Gasteiger partial charge in [-0.3, -0.25) is 0 Å². The summed E-state index contributed by atoms with van der Waals surface area (Å²) in [6.45, 7) is 0.552. The number of aliphatic hydroxyl groups excluding tert-OH is 4. The van der Waals surface area contributed by atoms with Gasteiger partial charge in [0.2, 0.25) is 0 Å². The molecule has 2 heterocycles. The fraction of sp³-hybridized carbons (Fsp3) is 0.538. The molecule has 0 amide bonds. The molecular formula is C26H33NO7. The molecule has 0 radical (unpaired) electrons. The first kappa shape index (κ1) is 23.5. The number of anilines is 1. The first-order valence-electron chi connectivity index (χ1n) is 12.0. The van der Waals surface area contributed by atoms with Gasteiger partial charge in [0.05, 0.1) is 19.8 Å². The van der Waals surface area contributed by atoms with E-state index in [1.54, 1.807) is 6.07 Å². The molecule has 3 fully saturated rings. The topological polar surface area (TPSA) is 135 Å². The number of benzene rings is 2. The number of rotatable bonds is 7. The molecule has 8 heteroatoms. The van der Waals surface area contributed by atoms with Crippen LogP contribution in [0.1, 0.15) is 53.5 Å². The van der Waals surface area contributed by atoms with Gasteiger partial charge in [-0.05, 0) is 47.9 Å². The van der Waals surface area contributed by atoms with Crippen LogP contribution >= 0.6 is 0 Å². The molecule has 2 aromatic carbocycles. The highest BCUT2D eigenvalue weighted by molar-refractivity contribution is 5.57. The lowest BCUT2D eigenvalue weighted by Crippen LogP contribution is -2.55. The molecule has 0 aromatic heterocycles. The van der Waals surface area contributed by atoms with E-state index in [9.17, 15) is 20.4 Å². The van der Waals surface area contributed by atoms with Crippen molar-refractivity contribution in [3.63, 3.8) is 0 Å². The fourth-order valence-electron chi connectivity index (χ4n) is 4.83. The highest BCUT2D eigenvalue weighted by atomic mass is 16.6. The number of hydrogen-bond donors (Lipinski definition) is 5. The molecule has 6 N–H and O–H groups in total. The Morgan fingerprint density at radius 2 is 1.74 bits per heavy atom. The highest BCUT2D eigenvalue weighted by Gasteiger charge is 2.45. The summed E-state index contributed by atoms with van der Waals surface area (Å²) in [4.78, 5) is 0. The van der Waals surface area contributed by atoms with Crippen LogP contribution in [0, 0.1) is 0 Å². The Labute approximate surface area is 198 Å². The summed E-state index contributed by atoms with van der Waals surface area (Å²) in [5, 5.41) is 41.0. The number of ether oxygens (including phenoxy) is 3. The van der Waals surface area contributed by atoms with Crippen molar-refractivity contribution in [2.24, 2.45) is 0 Å². The summed E-state index contributed by atoms with van der Waals surface area (Å²) in [5.74, 6) is 1.12. The smallest absolute Gasteiger partial charge is 0.127 e. The molecule has 184 valence electrons. The molecule has 6 atom stereocenters. The second-order valence-corrected chi connectivity index (χ2v) is 9.63. The minimum absolute atomic E-state index is 0.163. The zero-order valence-electron chi connectivity index (χ0n) is 19.0. The third-order valence-electron chi connectivity index (χ3n) is 7.08. The van der Waals surface area contributed by atoms with Crippen molar-refractivity contribution in [1.29, 1.82) is 0 Å². The second kappa shape index (κ2) is 9.81. The molecular weight excluding hydrogens is 438 g/mol. The van der Waals surface area contributed by atoms with Crippen LogP contribution in [0.5, 0.6) is 5.75 Å². The van der Waals surface area contributed by atoms with E-state index in [1.165, 1.54) is 18.4 Å². The maximum absolute atomic E-state index is 10.8. The molecule has 1 aliphatic carbocycles. The molecule has 8 nitrogen and oxygen atoms in total. The Kier molecular flexibility index (Phi) is 6.79. The van der Waals surface area contributed by atoms with Crippen LogP contribution < -0.4 is 10.5 Å². The standard InChI is InChI=1S/C26H33NO7/c27-20-11-21(33-18-7-8-32-13-18)19(26-25(31)24(30)23(29)22(12-28)34-26)10-17(20)9-14-1-3-15(4-2-14)16-5-6-16/h1-4,10-11,16,18,22-26,28-31H,5-9,12-13,27H2/t18-,22+,23+,24-,25+,26-/m0/s1. The molecule has 0 bridgehead atoms. The van der Waals surface area contributed by atoms with Gasteiger partial charge < -0.3 is 40.4 Å². The Hall–Kier alpha value is -2.20. The number of aliphatic hydroxyl groups is 4. The molecule has 2 saturated heterocycles. The van der Waals surface area contributed by atoms with Crippen molar-refractivity contribution in [2.45, 2.75) is 68.2 Å². The van der Waals surface area contributed by atoms with Crippen LogP contribution in [0.25, 0.3) is 0 Å². The van der Waals surface area contributed by atoms with Crippen LogP contribution in [0.4, 0.5) is 5.69 Å². The van der Waals surface area contributed by atoms with Crippen LogP contribution in [0.3, 0.4) is 0 Å². The second-order valence-electron chi connectivity index (χ2n) is 9.63. The van der Waals surface area contributed by atoms with Crippen molar-refractivity contribution in [2.75, 3.05) is 25.6 Å². The van der Waals surface area contributed by atoms with Crippen molar-refractivity contribution in [3.8, 4) is 5.75 Å². The fourth-order valence-corrected chi connectivity index (χ4v) is 4.83. The average Bonchev–Trinajstić information content (AvgIpc) is 3.56. The van der Waals surface area contributed by atoms with Gasteiger partial charge in [-0.15, -0.1) is 0 Å². The van der Waals surface area contributed by atoms with Crippen LogP contribution in [0.15, 0.2) is 36.4 Å². The van der Waals surface area contributed by atoms with Gasteiger partial charge in [-0.2, -0.15) is 0 Å². The third-order valence-corrected chi connectivity index (χ3v) is 7.08. The monoisotopic (exact) mass is 471 g/mol. The maximum atomic E-state index is 10.8. The molecule has 2 aliphatic heterocycles. The molecule has 2 aromatic rings. The SMILES string of the molecule is Nc1cc(O[C@H]2CCOC2)c([C@@H]2O[C@H](CO)[C@@H](O)[C@H](O)[C@H]2O)cc1Cc1ccc(C2CC2)cc1. The van der Waals surface area contributed by atoms with Gasteiger partial charge in [0.25, 0.3) is 0 Å². The van der Waals surface area contributed by atoms with E-state index in [-0.39, 0.29) is 6.10 Å². The minimum Gasteiger partial charge on any atom is -0.487 e. The van der Waals surface area contributed by atoms with E-state index >= 15 is 0 Å². The average molecular weight is 472 g/mol. The Morgan fingerprint density at radius 3 is 2.38 bits per heavy atom. The lowest BCUT2D eigenvalue weighted by Gasteiger charge is -2.40. The maximum Gasteiger partial charge on any atom is 0.127 e. The van der Waals surface area contributed by atoms with E-state index in [0.29, 0.717) is 42.6 Å². The zero-order valence-corrected chi connectivity index (χ0v) is 19.0. The minimum atomic E-state index is -1.48. The number of hydrogen-bond acceptors (Lipinski definition) is 8. The molecule has 1 saturated carbocycles. The first-order chi connectivity index (χ1) is 16.4. The first-order valence-corrected chi connectivity index (χ1v) is 12.0. The summed E-state index contributed by atoms with van der Waals surface area (Å²) in [6.07, 6.45) is -2.69. The van der Waals surface area contributed by atoms with Crippen LogP contribution in [-0.4, -0.2) is 70.8 Å². The van der Waals surface area contributed by atoms with Crippen LogP contribution in [-0.2, 0) is 15.9 Å². The van der Waals surface area contributed by atoms with Gasteiger partial charge >= 0.3 is 0 Å². The number of nitrogen functional groups attached to an aromatic ring is 1. The van der Waals surface area contributed by atoms with Crippen molar-refractivity contribution >= 4 is 5.69 Å². The lowest BCUT2D eigenvalue weighted by atomic mass is 9.89. The van der Waals surface area contributed by atoms with Gasteiger partial charge in [0.1, 0.15) is 42.4 Å². The summed E-state index contributed by atoms with van der Waals surface area (Å²) < 4.78 is 17.4. The van der Waals surface area contributed by atoms with Crippen molar-refractivity contribution in [1.82, 2.24) is 0 Å². The molecule has 5 rings (SSSR count). The summed E-state index contributed by atoms with van der Waals surface area (Å²) in [5.41, 5.74) is 10.8. The Bertz CT molecular complexity index is 985. The predicted octanol–water partition coefficient (Wildman–Crippen LogP) is 1.42. The largest absolute Gasteiger partial charge is 0.487 e. The quantitative estimate of drug-likeness (QED) is 0.383. The summed E-state index contributed by atoms with van der Waals surface area (Å²) in [7, 11) is 0. The summed E-state index contributed by atoms with van der Waals surface area (Å²) >= 11 is 0. The molecule has 3 aliphatic rings. The number of nitrogens with two attached hydrogens (primary N) is 1. The normalized spacial score (nSPS) is 31.5. The van der Waals surface area contributed by atoms with E-state index in [1.807, 2.05) is 6.07 Å². The van der Waals surface area contributed by atoms with Gasteiger partial charge in [-0.25, -0.2) is 0 Å². The molecule has 0 spiro atoms. The van der Waals surface area contributed by atoms with Crippen molar-refractivity contribution in [3.05, 3.63) is 58.7 Å². The summed E-state index contributed by atoms with van der Waals surface area (Å²) in [6, 6.07) is 12.1. The van der Waals surface area contributed by atoms with Gasteiger partial charge in [0.15, 0.2) is 0 Å².